The summed E-state index contributed by atoms with van der Waals surface area (Å²) < 4.78 is 0.0382. The molecule has 0 saturated heterocycles. The lowest BCUT2D eigenvalue weighted by molar-refractivity contribution is -0.111. The van der Waals surface area contributed by atoms with Gasteiger partial charge in [-0.3, -0.25) is 9.59 Å². The van der Waals surface area contributed by atoms with Crippen LogP contribution in [0.2, 0.25) is 0 Å². The second-order valence-corrected chi connectivity index (χ2v) is 12.0. The average Bonchev–Trinajstić information content (AvgIpc) is 3.35. The van der Waals surface area contributed by atoms with Crippen LogP contribution in [0.3, 0.4) is 0 Å². The number of halogens is 2. The second-order valence-electron chi connectivity index (χ2n) is 10.2. The maximum absolute atomic E-state index is 12.4. The van der Waals surface area contributed by atoms with E-state index < -0.39 is 0 Å². The number of fused-ring (bicyclic) bond motifs is 6. The summed E-state index contributed by atoms with van der Waals surface area (Å²) in [5, 5.41) is 0. The third-order valence-electron chi connectivity index (χ3n) is 8.45. The van der Waals surface area contributed by atoms with E-state index in [4.69, 9.17) is 0 Å². The van der Waals surface area contributed by atoms with Gasteiger partial charge in [0.05, 0.1) is 0 Å². The van der Waals surface area contributed by atoms with Crippen molar-refractivity contribution in [3.8, 4) is 22.3 Å². The minimum atomic E-state index is -0.378. The van der Waals surface area contributed by atoms with Gasteiger partial charge in [0.15, 0.2) is 9.39 Å². The molecule has 4 heteroatoms. The van der Waals surface area contributed by atoms with Gasteiger partial charge in [0.25, 0.3) is 0 Å². The molecule has 2 nitrogen and oxygen atoms in total. The van der Waals surface area contributed by atoms with E-state index in [9.17, 15) is 9.59 Å². The van der Waals surface area contributed by atoms with E-state index in [-0.39, 0.29) is 20.2 Å². The van der Waals surface area contributed by atoms with Crippen LogP contribution in [0.15, 0.2) is 97.1 Å². The molecular formula is C33H26Br2O2. The van der Waals surface area contributed by atoms with E-state index in [1.807, 2.05) is 0 Å². The zero-order valence-corrected chi connectivity index (χ0v) is 23.5. The Bertz CT molecular complexity index is 1330. The largest absolute Gasteiger partial charge is 0.287 e. The number of hydrogen-bond donors (Lipinski definition) is 0. The summed E-state index contributed by atoms with van der Waals surface area (Å²) in [5.74, 6) is 0. The Labute approximate surface area is 234 Å². The molecule has 4 aromatic carbocycles. The maximum atomic E-state index is 12.4. The first-order valence-electron chi connectivity index (χ1n) is 12.7. The fourth-order valence-corrected chi connectivity index (χ4v) is 7.46. The Morgan fingerprint density at radius 3 is 1.03 bits per heavy atom. The van der Waals surface area contributed by atoms with Gasteiger partial charge in [-0.1, -0.05) is 97.1 Å². The molecule has 6 rings (SSSR count). The predicted octanol–water partition coefficient (Wildman–Crippen LogP) is 8.71. The van der Waals surface area contributed by atoms with Crippen LogP contribution in [0.25, 0.3) is 22.3 Å². The van der Waals surface area contributed by atoms with Gasteiger partial charge in [-0.25, -0.2) is 0 Å². The molecule has 2 aliphatic carbocycles. The quantitative estimate of drug-likeness (QED) is 0.186. The Morgan fingerprint density at radius 1 is 0.486 bits per heavy atom. The summed E-state index contributed by atoms with van der Waals surface area (Å²) in [6.07, 6.45) is 3.03. The maximum Gasteiger partial charge on any atom is 0.197 e. The topological polar surface area (TPSA) is 34.1 Å². The average molecular weight is 614 g/mol. The molecule has 0 atom stereocenters. The summed E-state index contributed by atoms with van der Waals surface area (Å²) in [5.41, 5.74) is 9.31. The Kier molecular flexibility index (Phi) is 6.29. The molecule has 0 aromatic heterocycles. The summed E-state index contributed by atoms with van der Waals surface area (Å²) in [4.78, 5) is 24.7. The monoisotopic (exact) mass is 612 g/mol. The molecule has 0 saturated carbocycles. The Morgan fingerprint density at radius 2 is 0.757 bits per heavy atom. The number of benzene rings is 4. The van der Waals surface area contributed by atoms with Crippen LogP contribution in [0, 0.1) is 0 Å². The lowest BCUT2D eigenvalue weighted by Crippen LogP contribution is -2.38. The molecule has 0 spiro atoms. The number of hydrogen-bond acceptors (Lipinski definition) is 2. The third-order valence-corrected chi connectivity index (χ3v) is 9.24. The molecule has 0 N–H and O–H groups in total. The van der Waals surface area contributed by atoms with Crippen LogP contribution in [0.5, 0.6) is 0 Å². The van der Waals surface area contributed by atoms with Crippen molar-refractivity contribution in [2.24, 2.45) is 0 Å². The van der Waals surface area contributed by atoms with Gasteiger partial charge in [0.2, 0.25) is 0 Å². The van der Waals surface area contributed by atoms with E-state index in [0.717, 1.165) is 6.42 Å². The highest BCUT2D eigenvalue weighted by molar-refractivity contribution is 9.18. The molecule has 0 bridgehead atoms. The molecule has 0 aliphatic heterocycles. The van der Waals surface area contributed by atoms with E-state index in [0.29, 0.717) is 25.7 Å². The first-order valence-corrected chi connectivity index (χ1v) is 14.3. The van der Waals surface area contributed by atoms with E-state index in [2.05, 4.69) is 129 Å². The fourth-order valence-electron chi connectivity index (χ4n) is 7.07. The van der Waals surface area contributed by atoms with Gasteiger partial charge < -0.3 is 0 Å². The molecule has 0 radical (unpaired) electrons. The number of carbonyl (C=O) groups excluding carboxylic acids is 2. The first-order chi connectivity index (χ1) is 18.0. The van der Waals surface area contributed by atoms with Gasteiger partial charge in [-0.2, -0.15) is 0 Å². The zero-order valence-electron chi connectivity index (χ0n) is 20.3. The van der Waals surface area contributed by atoms with Crippen molar-refractivity contribution in [3.63, 3.8) is 0 Å². The van der Waals surface area contributed by atoms with Crippen LogP contribution < -0.4 is 0 Å². The molecule has 0 fully saturated rings. The minimum absolute atomic E-state index is 0.0191. The highest BCUT2D eigenvalue weighted by atomic mass is 79.9. The zero-order chi connectivity index (χ0) is 25.6. The lowest BCUT2D eigenvalue weighted by Gasteiger charge is -2.42. The molecule has 0 amide bonds. The van der Waals surface area contributed by atoms with Crippen molar-refractivity contribution in [2.45, 2.75) is 42.9 Å². The lowest BCUT2D eigenvalue weighted by atomic mass is 9.60. The Hall–Kier alpha value is -2.82. The highest BCUT2D eigenvalue weighted by Gasteiger charge is 2.52. The van der Waals surface area contributed by atoms with Gasteiger partial charge in [-0.15, -0.1) is 0 Å². The van der Waals surface area contributed by atoms with Gasteiger partial charge in [-0.05, 0) is 95.6 Å². The SMILES string of the molecule is O=C(Br)CCC1(CC2(CCC(=O)Br)c3ccccc3-c3ccccc32)c2ccccc2-c2ccccc21. The normalized spacial score (nSPS) is 15.4. The molecule has 0 unspecified atom stereocenters. The molecule has 184 valence electrons. The predicted molar refractivity (Wildman–Crippen MR) is 156 cm³/mol. The molecule has 2 aliphatic rings. The molecule has 4 aromatic rings. The van der Waals surface area contributed by atoms with Crippen LogP contribution >= 0.6 is 31.9 Å². The van der Waals surface area contributed by atoms with Crippen LogP contribution in [0.4, 0.5) is 0 Å². The third kappa shape index (κ3) is 3.88. The highest BCUT2D eigenvalue weighted by Crippen LogP contribution is 2.62. The summed E-state index contributed by atoms with van der Waals surface area (Å²) in [6.45, 7) is 0. The van der Waals surface area contributed by atoms with Gasteiger partial charge in [0.1, 0.15) is 0 Å². The molecule has 37 heavy (non-hydrogen) atoms. The van der Waals surface area contributed by atoms with E-state index >= 15 is 0 Å². The standard InChI is InChI=1S/C33H26Br2O2/c34-30(36)17-19-32(26-13-5-1-9-22(26)23-10-2-6-14-27(23)32)21-33(20-18-31(35)37)28-15-7-3-11-24(28)25-12-4-8-16-29(25)33/h1-16H,17-21H2. The van der Waals surface area contributed by atoms with Crippen LogP contribution in [-0.2, 0) is 20.4 Å². The van der Waals surface area contributed by atoms with Crippen molar-refractivity contribution < 1.29 is 9.59 Å². The van der Waals surface area contributed by atoms with Crippen molar-refractivity contribution >= 4 is 41.2 Å². The van der Waals surface area contributed by atoms with Crippen LogP contribution in [-0.4, -0.2) is 9.39 Å². The Balaban J connectivity index is 1.64. The minimum Gasteiger partial charge on any atom is -0.287 e. The first kappa shape index (κ1) is 24.5. The fraction of sp³-hybridized carbons (Fsp3) is 0.212. The second kappa shape index (κ2) is 9.49. The number of carbonyl (C=O) groups is 2. The van der Waals surface area contributed by atoms with E-state index in [1.165, 1.54) is 44.5 Å². The summed E-state index contributed by atoms with van der Waals surface area (Å²) in [6, 6.07) is 34.6. The van der Waals surface area contributed by atoms with Crippen molar-refractivity contribution in [1.29, 1.82) is 0 Å². The van der Waals surface area contributed by atoms with E-state index in [1.54, 1.807) is 0 Å². The summed E-state index contributed by atoms with van der Waals surface area (Å²) in [7, 11) is 0. The van der Waals surface area contributed by atoms with Crippen molar-refractivity contribution in [3.05, 3.63) is 119 Å². The molecular weight excluding hydrogens is 588 g/mol. The van der Waals surface area contributed by atoms with Gasteiger partial charge in [0, 0.05) is 23.7 Å². The number of rotatable bonds is 8. The van der Waals surface area contributed by atoms with Crippen molar-refractivity contribution in [1.82, 2.24) is 0 Å². The molecule has 0 heterocycles. The summed E-state index contributed by atoms with van der Waals surface area (Å²) >= 11 is 6.45. The smallest absolute Gasteiger partial charge is 0.197 e. The van der Waals surface area contributed by atoms with Gasteiger partial charge >= 0.3 is 0 Å². The van der Waals surface area contributed by atoms with Crippen LogP contribution in [0.1, 0.15) is 54.4 Å². The van der Waals surface area contributed by atoms with Crippen molar-refractivity contribution in [2.75, 3.05) is 0 Å².